The fourth-order valence-electron chi connectivity index (χ4n) is 2.59. The number of para-hydroxylation sites is 2. The third-order valence-corrected chi connectivity index (χ3v) is 4.41. The van der Waals surface area contributed by atoms with Gasteiger partial charge in [-0.3, -0.25) is 14.5 Å². The van der Waals surface area contributed by atoms with Gasteiger partial charge in [0, 0.05) is 0 Å². The molecule has 1 aromatic heterocycles. The number of carbonyl (C=O) groups is 2. The number of rotatable bonds is 3. The molecule has 0 fully saturated rings. The Kier molecular flexibility index (Phi) is 3.75. The van der Waals surface area contributed by atoms with Crippen molar-refractivity contribution in [2.24, 2.45) is 0 Å². The molecule has 1 atom stereocenters. The number of nitrogens with zero attached hydrogens (tertiary/aromatic N) is 1. The molecule has 0 saturated carbocycles. The molecule has 0 radical (unpaired) electrons. The Labute approximate surface area is 127 Å². The van der Waals surface area contributed by atoms with E-state index < -0.39 is 6.04 Å². The van der Waals surface area contributed by atoms with Crippen LogP contribution in [0.3, 0.4) is 0 Å². The molecule has 4 nitrogen and oxygen atoms in total. The van der Waals surface area contributed by atoms with Crippen LogP contribution in [-0.2, 0) is 4.79 Å². The number of benzene rings is 1. The first-order chi connectivity index (χ1) is 10.2. The van der Waals surface area contributed by atoms with E-state index in [9.17, 15) is 9.59 Å². The van der Waals surface area contributed by atoms with Crippen molar-refractivity contribution in [3.8, 4) is 0 Å². The Hall–Kier alpha value is -2.14. The van der Waals surface area contributed by atoms with Gasteiger partial charge in [-0.2, -0.15) is 0 Å². The van der Waals surface area contributed by atoms with E-state index in [4.69, 9.17) is 0 Å². The van der Waals surface area contributed by atoms with Crippen LogP contribution in [0.1, 0.15) is 29.4 Å². The van der Waals surface area contributed by atoms with Crippen molar-refractivity contribution in [3.05, 3.63) is 46.7 Å². The van der Waals surface area contributed by atoms with Gasteiger partial charge < -0.3 is 5.32 Å². The summed E-state index contributed by atoms with van der Waals surface area (Å²) in [5, 5.41) is 4.77. The molecule has 1 aromatic carbocycles. The van der Waals surface area contributed by atoms with Crippen molar-refractivity contribution in [1.82, 2.24) is 0 Å². The minimum Gasteiger partial charge on any atom is -0.322 e. The maximum atomic E-state index is 12.8. The molecule has 2 aromatic rings. The third kappa shape index (κ3) is 2.45. The van der Waals surface area contributed by atoms with Gasteiger partial charge in [-0.05, 0) is 30.0 Å². The van der Waals surface area contributed by atoms with E-state index in [0.29, 0.717) is 17.0 Å². The number of fused-ring (bicyclic) bond motifs is 1. The fraction of sp³-hybridized carbons (Fsp3) is 0.250. The largest absolute Gasteiger partial charge is 0.322 e. The smallest absolute Gasteiger partial charge is 0.269 e. The van der Waals surface area contributed by atoms with Crippen LogP contribution >= 0.6 is 11.3 Å². The van der Waals surface area contributed by atoms with E-state index in [1.807, 2.05) is 42.6 Å². The van der Waals surface area contributed by atoms with Crippen molar-refractivity contribution >= 4 is 34.5 Å². The average Bonchev–Trinajstić information content (AvgIpc) is 3.02. The van der Waals surface area contributed by atoms with Gasteiger partial charge in [0.15, 0.2) is 0 Å². The molecule has 108 valence electrons. The fourth-order valence-corrected chi connectivity index (χ4v) is 3.25. The SMILES string of the molecule is CCCC1C(=O)Nc2ccccc2N1C(=O)c1cccs1. The van der Waals surface area contributed by atoms with Crippen LogP contribution in [0.15, 0.2) is 41.8 Å². The predicted octanol–water partition coefficient (Wildman–Crippen LogP) is 3.52. The first-order valence-electron chi connectivity index (χ1n) is 6.99. The zero-order chi connectivity index (χ0) is 14.8. The van der Waals surface area contributed by atoms with E-state index in [1.54, 1.807) is 11.0 Å². The first kappa shape index (κ1) is 13.8. The molecular formula is C16H16N2O2S. The minimum atomic E-state index is -0.445. The zero-order valence-corrected chi connectivity index (χ0v) is 12.5. The highest BCUT2D eigenvalue weighted by molar-refractivity contribution is 7.12. The number of amides is 2. The molecule has 2 amide bonds. The Bertz CT molecular complexity index is 667. The number of hydrogen-bond acceptors (Lipinski definition) is 3. The summed E-state index contributed by atoms with van der Waals surface area (Å²) in [6, 6.07) is 10.6. The van der Waals surface area contributed by atoms with Crippen molar-refractivity contribution < 1.29 is 9.59 Å². The second-order valence-electron chi connectivity index (χ2n) is 4.96. The second kappa shape index (κ2) is 5.69. The summed E-state index contributed by atoms with van der Waals surface area (Å²) in [6.45, 7) is 2.02. The van der Waals surface area contributed by atoms with Crippen molar-refractivity contribution in [2.45, 2.75) is 25.8 Å². The lowest BCUT2D eigenvalue weighted by atomic mass is 10.0. The molecule has 0 spiro atoms. The molecule has 0 aliphatic carbocycles. The van der Waals surface area contributed by atoms with Crippen molar-refractivity contribution in [3.63, 3.8) is 0 Å². The summed E-state index contributed by atoms with van der Waals surface area (Å²) in [5.74, 6) is -0.216. The van der Waals surface area contributed by atoms with Gasteiger partial charge in [-0.25, -0.2) is 0 Å². The number of hydrogen-bond donors (Lipinski definition) is 1. The maximum Gasteiger partial charge on any atom is 0.269 e. The summed E-state index contributed by atoms with van der Waals surface area (Å²) in [5.41, 5.74) is 1.47. The van der Waals surface area contributed by atoms with Crippen LogP contribution in [-0.4, -0.2) is 17.9 Å². The van der Waals surface area contributed by atoms with Crippen LogP contribution in [0.2, 0.25) is 0 Å². The average molecular weight is 300 g/mol. The van der Waals surface area contributed by atoms with Gasteiger partial charge in [0.05, 0.1) is 16.3 Å². The van der Waals surface area contributed by atoms with Gasteiger partial charge >= 0.3 is 0 Å². The topological polar surface area (TPSA) is 49.4 Å². The highest BCUT2D eigenvalue weighted by Gasteiger charge is 2.36. The molecule has 1 aliphatic rings. The van der Waals surface area contributed by atoms with Crippen LogP contribution in [0.4, 0.5) is 11.4 Å². The van der Waals surface area contributed by atoms with Gasteiger partial charge in [-0.1, -0.05) is 31.5 Å². The standard InChI is InChI=1S/C16H16N2O2S/c1-2-6-13-15(19)17-11-7-3-4-8-12(11)18(13)16(20)14-9-5-10-21-14/h3-5,7-10,13H,2,6H2,1H3,(H,17,19). The molecule has 1 aliphatic heterocycles. The van der Waals surface area contributed by atoms with Crippen LogP contribution in [0, 0.1) is 0 Å². The monoisotopic (exact) mass is 300 g/mol. The zero-order valence-electron chi connectivity index (χ0n) is 11.7. The number of nitrogens with one attached hydrogen (secondary N) is 1. The molecule has 2 heterocycles. The molecule has 5 heteroatoms. The van der Waals surface area contributed by atoms with Gasteiger partial charge in [-0.15, -0.1) is 11.3 Å². The lowest BCUT2D eigenvalue weighted by Crippen LogP contribution is -2.50. The number of anilines is 2. The third-order valence-electron chi connectivity index (χ3n) is 3.55. The van der Waals surface area contributed by atoms with Crippen LogP contribution in [0.5, 0.6) is 0 Å². The lowest BCUT2D eigenvalue weighted by Gasteiger charge is -2.36. The Morgan fingerprint density at radius 3 is 2.81 bits per heavy atom. The van der Waals surface area contributed by atoms with Crippen LogP contribution < -0.4 is 10.2 Å². The quantitative estimate of drug-likeness (QED) is 0.943. The van der Waals surface area contributed by atoms with Crippen LogP contribution in [0.25, 0.3) is 0 Å². The lowest BCUT2D eigenvalue weighted by molar-refractivity contribution is -0.117. The summed E-state index contributed by atoms with van der Waals surface area (Å²) >= 11 is 1.40. The summed E-state index contributed by atoms with van der Waals surface area (Å²) in [4.78, 5) is 27.4. The van der Waals surface area contributed by atoms with E-state index in [0.717, 1.165) is 12.1 Å². The Morgan fingerprint density at radius 2 is 2.10 bits per heavy atom. The molecule has 1 N–H and O–H groups in total. The van der Waals surface area contributed by atoms with Crippen molar-refractivity contribution in [1.29, 1.82) is 0 Å². The van der Waals surface area contributed by atoms with Gasteiger partial charge in [0.1, 0.15) is 6.04 Å². The van der Waals surface area contributed by atoms with E-state index >= 15 is 0 Å². The maximum absolute atomic E-state index is 12.8. The first-order valence-corrected chi connectivity index (χ1v) is 7.87. The second-order valence-corrected chi connectivity index (χ2v) is 5.91. The minimum absolute atomic E-state index is 0.106. The van der Waals surface area contributed by atoms with Crippen molar-refractivity contribution in [2.75, 3.05) is 10.2 Å². The van der Waals surface area contributed by atoms with E-state index in [1.165, 1.54) is 11.3 Å². The predicted molar refractivity (Wildman–Crippen MR) is 84.9 cm³/mol. The summed E-state index contributed by atoms with van der Waals surface area (Å²) in [7, 11) is 0. The highest BCUT2D eigenvalue weighted by atomic mass is 32.1. The molecule has 0 bridgehead atoms. The van der Waals surface area contributed by atoms with E-state index in [2.05, 4.69) is 5.32 Å². The normalized spacial score (nSPS) is 17.3. The number of carbonyl (C=O) groups excluding carboxylic acids is 2. The molecule has 21 heavy (non-hydrogen) atoms. The number of thiophene rings is 1. The Morgan fingerprint density at radius 1 is 1.29 bits per heavy atom. The molecule has 1 unspecified atom stereocenters. The highest BCUT2D eigenvalue weighted by Crippen LogP contribution is 2.34. The van der Waals surface area contributed by atoms with Gasteiger partial charge in [0.25, 0.3) is 5.91 Å². The van der Waals surface area contributed by atoms with E-state index in [-0.39, 0.29) is 11.8 Å². The summed E-state index contributed by atoms with van der Waals surface area (Å²) in [6.07, 6.45) is 1.49. The Balaban J connectivity index is 2.07. The molecule has 0 saturated heterocycles. The molecular weight excluding hydrogens is 284 g/mol. The summed E-state index contributed by atoms with van der Waals surface area (Å²) < 4.78 is 0. The van der Waals surface area contributed by atoms with Gasteiger partial charge in [0.2, 0.25) is 5.91 Å². The molecule has 3 rings (SSSR count).